The van der Waals surface area contributed by atoms with Gasteiger partial charge in [0.15, 0.2) is 0 Å². The summed E-state index contributed by atoms with van der Waals surface area (Å²) in [5.74, 6) is 1.64. The maximum Gasteiger partial charge on any atom is 0.255 e. The molecule has 7 heteroatoms. The van der Waals surface area contributed by atoms with Gasteiger partial charge in [0, 0.05) is 57.9 Å². The highest BCUT2D eigenvalue weighted by molar-refractivity contribution is 5.81. The third kappa shape index (κ3) is 6.10. The van der Waals surface area contributed by atoms with Crippen molar-refractivity contribution in [3.05, 3.63) is 46.2 Å². The van der Waals surface area contributed by atoms with E-state index in [0.29, 0.717) is 37.1 Å². The van der Waals surface area contributed by atoms with Crippen LogP contribution in [0.2, 0.25) is 0 Å². The van der Waals surface area contributed by atoms with Crippen LogP contribution in [0.1, 0.15) is 57.9 Å². The number of nitrogens with zero attached hydrogens (tertiary/aromatic N) is 4. The number of hydrogen-bond acceptors (Lipinski definition) is 5. The fourth-order valence-electron chi connectivity index (χ4n) is 7.26. The number of fused-ring (bicyclic) bond motifs is 1. The summed E-state index contributed by atoms with van der Waals surface area (Å²) in [7, 11) is 4.02. The number of pyridine rings is 1. The van der Waals surface area contributed by atoms with E-state index in [4.69, 9.17) is 4.74 Å². The molecule has 1 aliphatic carbocycles. The second-order valence-electron chi connectivity index (χ2n) is 12.8. The van der Waals surface area contributed by atoms with Crippen molar-refractivity contribution < 1.29 is 9.53 Å². The number of piperazine rings is 1. The first-order chi connectivity index (χ1) is 18.8. The summed E-state index contributed by atoms with van der Waals surface area (Å²) in [5, 5.41) is 1.04. The fourth-order valence-corrected chi connectivity index (χ4v) is 7.26. The first-order valence-corrected chi connectivity index (χ1v) is 15.2. The second kappa shape index (κ2) is 12.1. The van der Waals surface area contributed by atoms with Crippen molar-refractivity contribution in [1.29, 1.82) is 0 Å². The van der Waals surface area contributed by atoms with Gasteiger partial charge < -0.3 is 19.1 Å². The van der Waals surface area contributed by atoms with Gasteiger partial charge in [0.25, 0.3) is 5.56 Å². The van der Waals surface area contributed by atoms with Crippen LogP contribution in [-0.4, -0.2) is 83.7 Å². The monoisotopic (exact) mass is 536 g/mol. The van der Waals surface area contributed by atoms with Gasteiger partial charge in [-0.2, -0.15) is 0 Å². The fraction of sp³-hybridized carbons (Fsp3) is 0.688. The molecule has 1 amide bonds. The number of carbonyl (C=O) groups excluding carboxylic acids is 1. The molecule has 214 valence electrons. The number of likely N-dealkylation sites (N-methyl/N-ethyl adjacent to an activating group) is 1. The Morgan fingerprint density at radius 3 is 2.46 bits per heavy atom. The molecule has 1 unspecified atom stereocenters. The third-order valence-corrected chi connectivity index (χ3v) is 9.90. The molecule has 1 atom stereocenters. The van der Waals surface area contributed by atoms with Gasteiger partial charge >= 0.3 is 0 Å². The van der Waals surface area contributed by atoms with Crippen LogP contribution in [0.5, 0.6) is 0 Å². The molecule has 1 aromatic carbocycles. The Kier molecular flexibility index (Phi) is 8.79. The molecule has 2 saturated heterocycles. The van der Waals surface area contributed by atoms with Crippen LogP contribution in [0.3, 0.4) is 0 Å². The van der Waals surface area contributed by atoms with E-state index in [1.165, 1.54) is 0 Å². The van der Waals surface area contributed by atoms with Gasteiger partial charge in [-0.1, -0.05) is 32.0 Å². The Morgan fingerprint density at radius 1 is 1.08 bits per heavy atom. The first kappa shape index (κ1) is 28.3. The van der Waals surface area contributed by atoms with E-state index in [2.05, 4.69) is 41.7 Å². The number of para-hydroxylation sites is 1. The highest BCUT2D eigenvalue weighted by Gasteiger charge is 2.43. The smallest absolute Gasteiger partial charge is 0.255 e. The van der Waals surface area contributed by atoms with E-state index in [-0.39, 0.29) is 22.9 Å². The molecular weight excluding hydrogens is 488 g/mol. The summed E-state index contributed by atoms with van der Waals surface area (Å²) >= 11 is 0. The number of aromatic nitrogens is 1. The number of carbonyl (C=O) groups is 1. The Hall–Kier alpha value is -2.22. The summed E-state index contributed by atoms with van der Waals surface area (Å²) in [6, 6.07) is 10.0. The van der Waals surface area contributed by atoms with Crippen LogP contribution in [0.15, 0.2) is 35.1 Å². The van der Waals surface area contributed by atoms with E-state index in [9.17, 15) is 9.59 Å². The molecule has 1 aromatic heterocycles. The van der Waals surface area contributed by atoms with Gasteiger partial charge in [0.2, 0.25) is 5.91 Å². The van der Waals surface area contributed by atoms with E-state index >= 15 is 0 Å². The van der Waals surface area contributed by atoms with Gasteiger partial charge in [-0.3, -0.25) is 14.5 Å². The molecule has 0 spiro atoms. The van der Waals surface area contributed by atoms with Gasteiger partial charge in [-0.25, -0.2) is 0 Å². The Bertz CT molecular complexity index is 1190. The van der Waals surface area contributed by atoms with Crippen molar-refractivity contribution in [3.8, 4) is 0 Å². The van der Waals surface area contributed by atoms with Crippen LogP contribution in [-0.2, 0) is 23.1 Å². The van der Waals surface area contributed by atoms with Crippen molar-refractivity contribution in [2.75, 3.05) is 53.0 Å². The maximum absolute atomic E-state index is 14.3. The molecule has 2 aromatic rings. The number of hydrogen-bond donors (Lipinski definition) is 0. The molecule has 3 aliphatic rings. The number of aryl methyl sites for hydroxylation is 1. The number of ether oxygens (including phenoxy) is 1. The summed E-state index contributed by atoms with van der Waals surface area (Å²) in [4.78, 5) is 34.9. The van der Waals surface area contributed by atoms with E-state index in [0.717, 1.165) is 82.2 Å². The normalized spacial score (nSPS) is 27.2. The topological polar surface area (TPSA) is 58.0 Å². The maximum atomic E-state index is 14.3. The largest absolute Gasteiger partial charge is 0.379 e. The minimum absolute atomic E-state index is 0.0106. The molecule has 2 aliphatic heterocycles. The van der Waals surface area contributed by atoms with E-state index in [1.54, 1.807) is 4.57 Å². The lowest BCUT2D eigenvalue weighted by Gasteiger charge is -2.51. The molecule has 39 heavy (non-hydrogen) atoms. The Labute approximate surface area is 234 Å². The molecule has 0 radical (unpaired) electrons. The minimum atomic E-state index is -0.202. The van der Waals surface area contributed by atoms with Gasteiger partial charge in [0.05, 0.1) is 24.2 Å². The Balaban J connectivity index is 1.46. The van der Waals surface area contributed by atoms with Crippen molar-refractivity contribution in [1.82, 2.24) is 19.3 Å². The molecule has 7 nitrogen and oxygen atoms in total. The van der Waals surface area contributed by atoms with Crippen LogP contribution in [0.4, 0.5) is 0 Å². The van der Waals surface area contributed by atoms with E-state index < -0.39 is 0 Å². The van der Waals surface area contributed by atoms with Gasteiger partial charge in [-0.15, -0.1) is 0 Å². The van der Waals surface area contributed by atoms with Gasteiger partial charge in [-0.05, 0) is 74.9 Å². The quantitative estimate of drug-likeness (QED) is 0.533. The molecule has 5 rings (SSSR count). The SMILES string of the molecule is CC(C)C1CCC(C(=O)N(Cc2cc3ccccc3n(C)c2=O)CC2(N3CCN(C)CC3)CCCOC2)CC1. The summed E-state index contributed by atoms with van der Waals surface area (Å²) in [6.45, 7) is 11.0. The highest BCUT2D eigenvalue weighted by Crippen LogP contribution is 2.36. The summed E-state index contributed by atoms with van der Waals surface area (Å²) in [5.41, 5.74) is 1.41. The summed E-state index contributed by atoms with van der Waals surface area (Å²) < 4.78 is 7.86. The van der Waals surface area contributed by atoms with Crippen LogP contribution < -0.4 is 5.56 Å². The number of benzene rings is 1. The number of rotatable bonds is 7. The lowest BCUT2D eigenvalue weighted by molar-refractivity contribution is -0.143. The molecule has 3 heterocycles. The lowest BCUT2D eigenvalue weighted by atomic mass is 9.76. The van der Waals surface area contributed by atoms with Crippen LogP contribution >= 0.6 is 0 Å². The predicted molar refractivity (Wildman–Crippen MR) is 157 cm³/mol. The number of amides is 1. The van der Waals surface area contributed by atoms with Gasteiger partial charge in [0.1, 0.15) is 0 Å². The zero-order chi connectivity index (χ0) is 27.6. The van der Waals surface area contributed by atoms with Crippen molar-refractivity contribution in [2.45, 2.75) is 64.5 Å². The second-order valence-corrected chi connectivity index (χ2v) is 12.8. The first-order valence-electron chi connectivity index (χ1n) is 15.2. The van der Waals surface area contributed by atoms with Crippen molar-refractivity contribution >= 4 is 16.8 Å². The third-order valence-electron chi connectivity index (χ3n) is 9.90. The minimum Gasteiger partial charge on any atom is -0.379 e. The molecule has 1 saturated carbocycles. The average molecular weight is 537 g/mol. The van der Waals surface area contributed by atoms with Crippen molar-refractivity contribution in [3.63, 3.8) is 0 Å². The van der Waals surface area contributed by atoms with Crippen LogP contribution in [0, 0.1) is 17.8 Å². The zero-order valence-electron chi connectivity index (χ0n) is 24.5. The van der Waals surface area contributed by atoms with Crippen LogP contribution in [0.25, 0.3) is 10.9 Å². The summed E-state index contributed by atoms with van der Waals surface area (Å²) in [6.07, 6.45) is 6.17. The molecule has 0 N–H and O–H groups in total. The highest BCUT2D eigenvalue weighted by atomic mass is 16.5. The molecule has 3 fully saturated rings. The lowest BCUT2D eigenvalue weighted by Crippen LogP contribution is -2.64. The van der Waals surface area contributed by atoms with Crippen molar-refractivity contribution in [2.24, 2.45) is 24.8 Å². The zero-order valence-corrected chi connectivity index (χ0v) is 24.5. The Morgan fingerprint density at radius 2 is 1.79 bits per heavy atom. The molecular formula is C32H48N4O3. The average Bonchev–Trinajstić information content (AvgIpc) is 2.96. The molecule has 0 bridgehead atoms. The van der Waals surface area contributed by atoms with E-state index in [1.807, 2.05) is 31.3 Å². The predicted octanol–water partition coefficient (Wildman–Crippen LogP) is 4.13. The standard InChI is InChI=1S/C32H48N4O3/c1-24(2)25-10-12-26(13-11-25)31(38)35(21-28-20-27-8-5-6-9-29(27)34(4)30(28)37)22-32(14-7-19-39-23-32)36-17-15-33(3)16-18-36/h5-6,8-9,20,24-26H,7,10-19,21-23H2,1-4H3.